The number of nitrogens with zero attached hydrogens (tertiary/aromatic N) is 1. The lowest BCUT2D eigenvalue weighted by Gasteiger charge is -2.01. The molecule has 3 nitrogen and oxygen atoms in total. The van der Waals surface area contributed by atoms with E-state index in [9.17, 15) is 10.1 Å². The standard InChI is InChI=1S/C13H17NO2S/c1-2-3-4-5-6-11-17-13-9-7-12(8-10-13)14(15)16/h2,7-10H,1,3-6,11H2. The fraction of sp³-hybridized carbons (Fsp3) is 0.385. The van der Waals surface area contributed by atoms with Crippen LogP contribution in [0.2, 0.25) is 0 Å². The molecule has 0 unspecified atom stereocenters. The van der Waals surface area contributed by atoms with Gasteiger partial charge in [0.2, 0.25) is 0 Å². The first-order chi connectivity index (χ1) is 8.24. The van der Waals surface area contributed by atoms with E-state index in [4.69, 9.17) is 0 Å². The van der Waals surface area contributed by atoms with Crippen LogP contribution in [0.3, 0.4) is 0 Å². The molecule has 0 radical (unpaired) electrons. The van der Waals surface area contributed by atoms with Crippen molar-refractivity contribution in [1.82, 2.24) is 0 Å². The van der Waals surface area contributed by atoms with E-state index in [0.29, 0.717) is 0 Å². The van der Waals surface area contributed by atoms with Gasteiger partial charge in [0.25, 0.3) is 5.69 Å². The second-order valence-electron chi connectivity index (χ2n) is 3.74. The van der Waals surface area contributed by atoms with Gasteiger partial charge in [-0.15, -0.1) is 18.3 Å². The van der Waals surface area contributed by atoms with E-state index in [-0.39, 0.29) is 10.6 Å². The normalized spacial score (nSPS) is 10.1. The van der Waals surface area contributed by atoms with Gasteiger partial charge in [-0.25, -0.2) is 0 Å². The molecular weight excluding hydrogens is 234 g/mol. The molecule has 1 aromatic rings. The van der Waals surface area contributed by atoms with Crippen molar-refractivity contribution in [1.29, 1.82) is 0 Å². The number of thioether (sulfide) groups is 1. The lowest BCUT2D eigenvalue weighted by molar-refractivity contribution is -0.384. The lowest BCUT2D eigenvalue weighted by Crippen LogP contribution is -1.87. The first kappa shape index (κ1) is 13.8. The Labute approximate surface area is 106 Å². The van der Waals surface area contributed by atoms with E-state index in [1.807, 2.05) is 18.2 Å². The van der Waals surface area contributed by atoms with Gasteiger partial charge in [0, 0.05) is 17.0 Å². The maximum absolute atomic E-state index is 10.5. The zero-order valence-corrected chi connectivity index (χ0v) is 10.6. The Kier molecular flexibility index (Phi) is 6.40. The van der Waals surface area contributed by atoms with Crippen LogP contribution in [-0.2, 0) is 0 Å². The molecule has 0 fully saturated rings. The molecule has 4 heteroatoms. The minimum atomic E-state index is -0.371. The summed E-state index contributed by atoms with van der Waals surface area (Å²) >= 11 is 1.75. The topological polar surface area (TPSA) is 43.1 Å². The summed E-state index contributed by atoms with van der Waals surface area (Å²) in [6.45, 7) is 3.69. The van der Waals surface area contributed by atoms with E-state index in [1.54, 1.807) is 23.9 Å². The number of rotatable bonds is 8. The van der Waals surface area contributed by atoms with Crippen molar-refractivity contribution in [2.45, 2.75) is 30.6 Å². The molecule has 0 bridgehead atoms. The molecule has 1 aromatic carbocycles. The predicted molar refractivity (Wildman–Crippen MR) is 72.5 cm³/mol. The van der Waals surface area contributed by atoms with Gasteiger partial charge in [0.05, 0.1) is 4.92 Å². The molecule has 0 amide bonds. The van der Waals surface area contributed by atoms with Crippen LogP contribution in [0.5, 0.6) is 0 Å². The SMILES string of the molecule is C=CCCCCCSc1ccc([N+](=O)[O-])cc1. The minimum Gasteiger partial charge on any atom is -0.258 e. The third kappa shape index (κ3) is 5.54. The zero-order chi connectivity index (χ0) is 12.5. The number of nitro groups is 1. The first-order valence-corrected chi connectivity index (χ1v) is 6.71. The first-order valence-electron chi connectivity index (χ1n) is 5.72. The summed E-state index contributed by atoms with van der Waals surface area (Å²) in [6.07, 6.45) is 6.62. The van der Waals surface area contributed by atoms with Gasteiger partial charge < -0.3 is 0 Å². The molecule has 0 spiro atoms. The van der Waals surface area contributed by atoms with Gasteiger partial charge >= 0.3 is 0 Å². The van der Waals surface area contributed by atoms with Crippen molar-refractivity contribution in [3.8, 4) is 0 Å². The summed E-state index contributed by atoms with van der Waals surface area (Å²) in [5.41, 5.74) is 0.153. The van der Waals surface area contributed by atoms with Crippen molar-refractivity contribution in [3.63, 3.8) is 0 Å². The molecule has 92 valence electrons. The molecule has 0 heterocycles. The van der Waals surface area contributed by atoms with Gasteiger partial charge in [-0.05, 0) is 37.1 Å². The summed E-state index contributed by atoms with van der Waals surface area (Å²) in [5.74, 6) is 1.06. The van der Waals surface area contributed by atoms with E-state index >= 15 is 0 Å². The number of benzene rings is 1. The summed E-state index contributed by atoms with van der Waals surface area (Å²) in [6, 6.07) is 6.74. The molecule has 1 rings (SSSR count). The maximum Gasteiger partial charge on any atom is 0.269 e. The van der Waals surface area contributed by atoms with Crippen LogP contribution in [0.1, 0.15) is 25.7 Å². The third-order valence-electron chi connectivity index (χ3n) is 2.37. The lowest BCUT2D eigenvalue weighted by atomic mass is 10.2. The highest BCUT2D eigenvalue weighted by Gasteiger charge is 2.03. The van der Waals surface area contributed by atoms with E-state index < -0.39 is 0 Å². The molecule has 0 atom stereocenters. The number of unbranched alkanes of at least 4 members (excludes halogenated alkanes) is 3. The summed E-state index contributed by atoms with van der Waals surface area (Å²) in [4.78, 5) is 11.2. The molecule has 0 saturated heterocycles. The van der Waals surface area contributed by atoms with Crippen molar-refractivity contribution >= 4 is 17.4 Å². The van der Waals surface area contributed by atoms with Gasteiger partial charge in [0.1, 0.15) is 0 Å². The van der Waals surface area contributed by atoms with Gasteiger partial charge in [-0.2, -0.15) is 0 Å². The van der Waals surface area contributed by atoms with Crippen molar-refractivity contribution in [3.05, 3.63) is 47.0 Å². The average Bonchev–Trinajstić information content (AvgIpc) is 2.34. The average molecular weight is 251 g/mol. The fourth-order valence-electron chi connectivity index (χ4n) is 1.42. The molecule has 0 saturated carbocycles. The van der Waals surface area contributed by atoms with Crippen LogP contribution < -0.4 is 0 Å². The van der Waals surface area contributed by atoms with E-state index in [0.717, 1.165) is 17.1 Å². The highest BCUT2D eigenvalue weighted by molar-refractivity contribution is 7.99. The summed E-state index contributed by atoms with van der Waals surface area (Å²) < 4.78 is 0. The van der Waals surface area contributed by atoms with Crippen LogP contribution in [0.25, 0.3) is 0 Å². The predicted octanol–water partition coefficient (Wildman–Crippen LogP) is 4.43. The fourth-order valence-corrected chi connectivity index (χ4v) is 2.33. The van der Waals surface area contributed by atoms with Crippen LogP contribution >= 0.6 is 11.8 Å². The van der Waals surface area contributed by atoms with Gasteiger partial charge in [0.15, 0.2) is 0 Å². The second kappa shape index (κ2) is 7.90. The molecule has 0 aliphatic carbocycles. The molecule has 0 N–H and O–H groups in total. The Morgan fingerprint density at radius 3 is 2.53 bits per heavy atom. The Bertz CT molecular complexity index is 362. The smallest absolute Gasteiger partial charge is 0.258 e. The molecule has 0 aliphatic rings. The van der Waals surface area contributed by atoms with Crippen LogP contribution in [0.4, 0.5) is 5.69 Å². The minimum absolute atomic E-state index is 0.153. The second-order valence-corrected chi connectivity index (χ2v) is 4.91. The van der Waals surface area contributed by atoms with Gasteiger partial charge in [-0.3, -0.25) is 10.1 Å². The van der Waals surface area contributed by atoms with Crippen LogP contribution in [0.15, 0.2) is 41.8 Å². The van der Waals surface area contributed by atoms with Gasteiger partial charge in [-0.1, -0.05) is 12.5 Å². The largest absolute Gasteiger partial charge is 0.269 e. The number of nitro benzene ring substituents is 1. The molecule has 17 heavy (non-hydrogen) atoms. The Hall–Kier alpha value is -1.29. The number of hydrogen-bond acceptors (Lipinski definition) is 3. The highest BCUT2D eigenvalue weighted by Crippen LogP contribution is 2.22. The van der Waals surface area contributed by atoms with Crippen molar-refractivity contribution < 1.29 is 4.92 Å². The highest BCUT2D eigenvalue weighted by atomic mass is 32.2. The molecule has 0 aliphatic heterocycles. The number of non-ortho nitro benzene ring substituents is 1. The number of allylic oxidation sites excluding steroid dienone is 1. The van der Waals surface area contributed by atoms with E-state index in [1.165, 1.54) is 19.3 Å². The van der Waals surface area contributed by atoms with Crippen LogP contribution in [0, 0.1) is 10.1 Å². The monoisotopic (exact) mass is 251 g/mol. The molecule has 0 aromatic heterocycles. The maximum atomic E-state index is 10.5. The Morgan fingerprint density at radius 2 is 1.94 bits per heavy atom. The summed E-state index contributed by atoms with van der Waals surface area (Å²) in [5, 5.41) is 10.5. The Morgan fingerprint density at radius 1 is 1.24 bits per heavy atom. The zero-order valence-electron chi connectivity index (χ0n) is 9.80. The van der Waals surface area contributed by atoms with E-state index in [2.05, 4.69) is 6.58 Å². The summed E-state index contributed by atoms with van der Waals surface area (Å²) in [7, 11) is 0. The molecular formula is C13H17NO2S. The Balaban J connectivity index is 2.23. The van der Waals surface area contributed by atoms with Crippen molar-refractivity contribution in [2.24, 2.45) is 0 Å². The number of hydrogen-bond donors (Lipinski definition) is 0. The third-order valence-corrected chi connectivity index (χ3v) is 3.47. The van der Waals surface area contributed by atoms with Crippen LogP contribution in [-0.4, -0.2) is 10.7 Å². The quantitative estimate of drug-likeness (QED) is 0.226. The van der Waals surface area contributed by atoms with Crippen molar-refractivity contribution in [2.75, 3.05) is 5.75 Å².